The van der Waals surface area contributed by atoms with Crippen molar-refractivity contribution in [2.45, 2.75) is 65.3 Å². The third-order valence-electron chi connectivity index (χ3n) is 4.11. The molecule has 106 valence electrons. The first-order valence-corrected chi connectivity index (χ1v) is 7.68. The lowest BCUT2D eigenvalue weighted by Crippen LogP contribution is -2.35. The average molecular weight is 254 g/mol. The highest BCUT2D eigenvalue weighted by Gasteiger charge is 2.17. The van der Waals surface area contributed by atoms with Crippen molar-refractivity contribution in [3.05, 3.63) is 0 Å². The van der Waals surface area contributed by atoms with Gasteiger partial charge in [0.25, 0.3) is 0 Å². The van der Waals surface area contributed by atoms with Gasteiger partial charge in [0.2, 0.25) is 5.91 Å². The Morgan fingerprint density at radius 3 is 2.44 bits per heavy atom. The second kappa shape index (κ2) is 8.52. The minimum Gasteiger partial charge on any atom is -0.343 e. The van der Waals surface area contributed by atoms with Crippen LogP contribution in [0.4, 0.5) is 0 Å². The second-order valence-corrected chi connectivity index (χ2v) is 5.65. The number of amides is 1. The smallest absolute Gasteiger partial charge is 0.223 e. The maximum absolute atomic E-state index is 11.9. The molecule has 0 saturated carbocycles. The molecular weight excluding hydrogens is 224 g/mol. The van der Waals surface area contributed by atoms with Gasteiger partial charge in [0.15, 0.2) is 0 Å². The molecule has 1 saturated heterocycles. The van der Waals surface area contributed by atoms with Crippen LogP contribution in [0.25, 0.3) is 0 Å². The Balaban J connectivity index is 2.16. The monoisotopic (exact) mass is 254 g/mol. The molecule has 0 aliphatic carbocycles. The van der Waals surface area contributed by atoms with Gasteiger partial charge in [-0.1, -0.05) is 27.2 Å². The first-order chi connectivity index (χ1) is 8.67. The number of carbonyl (C=O) groups excluding carboxylic acids is 1. The van der Waals surface area contributed by atoms with Crippen molar-refractivity contribution in [3.8, 4) is 0 Å². The van der Waals surface area contributed by atoms with Gasteiger partial charge >= 0.3 is 0 Å². The number of rotatable bonds is 8. The van der Waals surface area contributed by atoms with E-state index in [1.54, 1.807) is 0 Å². The first-order valence-electron chi connectivity index (χ1n) is 7.68. The van der Waals surface area contributed by atoms with Crippen LogP contribution in [-0.4, -0.2) is 36.5 Å². The molecule has 1 amide bonds. The van der Waals surface area contributed by atoms with Gasteiger partial charge in [0.05, 0.1) is 0 Å². The van der Waals surface area contributed by atoms with Gasteiger partial charge in [-0.3, -0.25) is 4.79 Å². The molecule has 0 radical (unpaired) electrons. The van der Waals surface area contributed by atoms with E-state index in [0.29, 0.717) is 18.4 Å². The molecule has 0 bridgehead atoms. The zero-order valence-electron chi connectivity index (χ0n) is 12.4. The summed E-state index contributed by atoms with van der Waals surface area (Å²) in [7, 11) is 0. The van der Waals surface area contributed by atoms with Gasteiger partial charge in [-0.05, 0) is 31.6 Å². The Labute approximate surface area is 112 Å². The van der Waals surface area contributed by atoms with Crippen LogP contribution in [0.3, 0.4) is 0 Å². The van der Waals surface area contributed by atoms with Crippen molar-refractivity contribution < 1.29 is 4.79 Å². The van der Waals surface area contributed by atoms with Crippen molar-refractivity contribution in [3.63, 3.8) is 0 Å². The van der Waals surface area contributed by atoms with E-state index in [0.717, 1.165) is 32.0 Å². The molecule has 2 atom stereocenters. The largest absolute Gasteiger partial charge is 0.343 e. The number of nitrogens with one attached hydrogen (secondary N) is 1. The summed E-state index contributed by atoms with van der Waals surface area (Å²) >= 11 is 0. The van der Waals surface area contributed by atoms with Gasteiger partial charge in [-0.25, -0.2) is 0 Å². The van der Waals surface area contributed by atoms with Crippen LogP contribution >= 0.6 is 0 Å². The summed E-state index contributed by atoms with van der Waals surface area (Å²) in [6.07, 6.45) is 6.66. The van der Waals surface area contributed by atoms with Gasteiger partial charge in [0.1, 0.15) is 0 Å². The number of hydrogen-bond donors (Lipinski definition) is 1. The Morgan fingerprint density at radius 1 is 1.22 bits per heavy atom. The van der Waals surface area contributed by atoms with Crippen LogP contribution in [0.2, 0.25) is 0 Å². The Morgan fingerprint density at radius 2 is 1.89 bits per heavy atom. The molecule has 18 heavy (non-hydrogen) atoms. The van der Waals surface area contributed by atoms with Crippen LogP contribution < -0.4 is 5.32 Å². The SMILES string of the molecule is CCC(C)CC(CC)NCCC(=O)N1CCCC1. The standard InChI is InChI=1S/C15H30N2O/c1-4-13(3)12-14(5-2)16-9-8-15(18)17-10-6-7-11-17/h13-14,16H,4-12H2,1-3H3. The predicted octanol–water partition coefficient (Wildman–Crippen LogP) is 2.80. The molecule has 3 nitrogen and oxygen atoms in total. The van der Waals surface area contributed by atoms with Gasteiger partial charge < -0.3 is 10.2 Å². The lowest BCUT2D eigenvalue weighted by molar-refractivity contribution is -0.130. The third-order valence-corrected chi connectivity index (χ3v) is 4.11. The van der Waals surface area contributed by atoms with Gasteiger partial charge in [-0.15, -0.1) is 0 Å². The first kappa shape index (κ1) is 15.5. The molecule has 1 rings (SSSR count). The highest BCUT2D eigenvalue weighted by molar-refractivity contribution is 5.76. The van der Waals surface area contributed by atoms with Crippen molar-refractivity contribution in [2.24, 2.45) is 5.92 Å². The number of nitrogens with zero attached hydrogens (tertiary/aromatic N) is 1. The number of likely N-dealkylation sites (tertiary alicyclic amines) is 1. The lowest BCUT2D eigenvalue weighted by Gasteiger charge is -2.21. The van der Waals surface area contributed by atoms with E-state index in [4.69, 9.17) is 0 Å². The van der Waals surface area contributed by atoms with Crippen LogP contribution in [0.5, 0.6) is 0 Å². The van der Waals surface area contributed by atoms with Crippen molar-refractivity contribution >= 4 is 5.91 Å². The molecule has 1 heterocycles. The Hall–Kier alpha value is -0.570. The molecule has 0 aromatic carbocycles. The number of carbonyl (C=O) groups is 1. The van der Waals surface area contributed by atoms with Crippen LogP contribution in [-0.2, 0) is 4.79 Å². The fraction of sp³-hybridized carbons (Fsp3) is 0.933. The predicted molar refractivity (Wildman–Crippen MR) is 76.6 cm³/mol. The normalized spacial score (nSPS) is 18.9. The topological polar surface area (TPSA) is 32.3 Å². The van der Waals surface area contributed by atoms with E-state index in [1.165, 1.54) is 25.7 Å². The van der Waals surface area contributed by atoms with E-state index in [2.05, 4.69) is 26.1 Å². The molecule has 2 unspecified atom stereocenters. The molecule has 1 aliphatic heterocycles. The van der Waals surface area contributed by atoms with Crippen molar-refractivity contribution in [2.75, 3.05) is 19.6 Å². The molecule has 1 aliphatic rings. The number of hydrogen-bond acceptors (Lipinski definition) is 2. The average Bonchev–Trinajstić information content (AvgIpc) is 2.91. The molecule has 3 heteroatoms. The fourth-order valence-electron chi connectivity index (χ4n) is 2.55. The maximum Gasteiger partial charge on any atom is 0.223 e. The summed E-state index contributed by atoms with van der Waals surface area (Å²) in [5.41, 5.74) is 0. The van der Waals surface area contributed by atoms with Crippen LogP contribution in [0.15, 0.2) is 0 Å². The molecule has 0 aromatic heterocycles. The summed E-state index contributed by atoms with van der Waals surface area (Å²) in [4.78, 5) is 13.9. The minimum absolute atomic E-state index is 0.332. The Kier molecular flexibility index (Phi) is 7.33. The van der Waals surface area contributed by atoms with E-state index in [1.807, 2.05) is 4.90 Å². The highest BCUT2D eigenvalue weighted by Crippen LogP contribution is 2.12. The molecule has 1 N–H and O–H groups in total. The summed E-state index contributed by atoms with van der Waals surface area (Å²) in [6.45, 7) is 9.56. The van der Waals surface area contributed by atoms with Crippen LogP contribution in [0, 0.1) is 5.92 Å². The molecule has 0 spiro atoms. The lowest BCUT2D eigenvalue weighted by atomic mass is 9.98. The summed E-state index contributed by atoms with van der Waals surface area (Å²) in [6, 6.07) is 0.575. The zero-order chi connectivity index (χ0) is 13.4. The molecular formula is C15H30N2O. The van der Waals surface area contributed by atoms with E-state index < -0.39 is 0 Å². The fourth-order valence-corrected chi connectivity index (χ4v) is 2.55. The van der Waals surface area contributed by atoms with Crippen molar-refractivity contribution in [1.29, 1.82) is 0 Å². The summed E-state index contributed by atoms with van der Waals surface area (Å²) < 4.78 is 0. The molecule has 0 aromatic rings. The zero-order valence-corrected chi connectivity index (χ0v) is 12.4. The second-order valence-electron chi connectivity index (χ2n) is 5.65. The summed E-state index contributed by atoms with van der Waals surface area (Å²) in [5.74, 6) is 1.11. The minimum atomic E-state index is 0.332. The van der Waals surface area contributed by atoms with Crippen LogP contribution in [0.1, 0.15) is 59.3 Å². The Bertz CT molecular complexity index is 237. The highest BCUT2D eigenvalue weighted by atomic mass is 16.2. The third kappa shape index (κ3) is 5.38. The van der Waals surface area contributed by atoms with Gasteiger partial charge in [0, 0.05) is 32.1 Å². The summed E-state index contributed by atoms with van der Waals surface area (Å²) in [5, 5.41) is 3.54. The van der Waals surface area contributed by atoms with E-state index in [9.17, 15) is 4.79 Å². The maximum atomic E-state index is 11.9. The van der Waals surface area contributed by atoms with Gasteiger partial charge in [-0.2, -0.15) is 0 Å². The van der Waals surface area contributed by atoms with E-state index >= 15 is 0 Å². The molecule has 1 fully saturated rings. The quantitative estimate of drug-likeness (QED) is 0.722. The van der Waals surface area contributed by atoms with Crippen molar-refractivity contribution in [1.82, 2.24) is 10.2 Å². The van der Waals surface area contributed by atoms with E-state index in [-0.39, 0.29) is 0 Å².